The van der Waals surface area contributed by atoms with Gasteiger partial charge in [0.1, 0.15) is 12.4 Å². The molecule has 39 heavy (non-hydrogen) atoms. The zero-order valence-electron chi connectivity index (χ0n) is 21.5. The Labute approximate surface area is 221 Å². The summed E-state index contributed by atoms with van der Waals surface area (Å²) in [6, 6.07) is 2.85. The van der Waals surface area contributed by atoms with Crippen molar-refractivity contribution in [2.24, 2.45) is 0 Å². The number of nitrogens with zero attached hydrogens (tertiary/aromatic N) is 5. The summed E-state index contributed by atoms with van der Waals surface area (Å²) in [4.78, 5) is 31.1. The first kappa shape index (κ1) is 24.1. The Balaban J connectivity index is 1.52. The van der Waals surface area contributed by atoms with E-state index in [4.69, 9.17) is 9.72 Å². The van der Waals surface area contributed by atoms with Gasteiger partial charge in [-0.1, -0.05) is 12.1 Å². The Morgan fingerprint density at radius 2 is 2.05 bits per heavy atom. The predicted molar refractivity (Wildman–Crippen MR) is 136 cm³/mol. The van der Waals surface area contributed by atoms with E-state index in [-0.39, 0.29) is 54.7 Å². The zero-order chi connectivity index (χ0) is 27.2. The standard InChI is InChI=1S/C28H26FN5O5/c1-3-28(38)18-8-22-25-16(11-33(22)26(36)17(18)12-39-27(28)37)24-21(34-10-14(6-7-35)31-32-34)5-4-15-13(2)19(29)9-20(30-25)23(15)24/h8-10,21,35,38H,3-7,11-12H2,1-2H3/t21-,28-/m0/s1. The second-order valence-corrected chi connectivity index (χ2v) is 10.5. The van der Waals surface area contributed by atoms with Gasteiger partial charge in [0.2, 0.25) is 0 Å². The Morgan fingerprint density at radius 3 is 2.82 bits per heavy atom. The number of rotatable bonds is 4. The minimum atomic E-state index is -1.93. The van der Waals surface area contributed by atoms with Gasteiger partial charge in [-0.15, -0.1) is 5.10 Å². The van der Waals surface area contributed by atoms with Gasteiger partial charge in [-0.25, -0.2) is 18.9 Å². The van der Waals surface area contributed by atoms with Crippen LogP contribution >= 0.6 is 0 Å². The predicted octanol–water partition coefficient (Wildman–Crippen LogP) is 2.19. The van der Waals surface area contributed by atoms with Crippen LogP contribution in [0.3, 0.4) is 0 Å². The summed E-state index contributed by atoms with van der Waals surface area (Å²) in [5, 5.41) is 30.0. The molecule has 2 N–H and O–H groups in total. The van der Waals surface area contributed by atoms with Gasteiger partial charge in [-0.05, 0) is 48.9 Å². The molecule has 0 saturated carbocycles. The van der Waals surface area contributed by atoms with Crippen LogP contribution in [0.2, 0.25) is 0 Å². The number of aromatic nitrogens is 5. The topological polar surface area (TPSA) is 132 Å². The molecule has 2 aliphatic heterocycles. The molecular formula is C28H26FN5O5. The molecule has 3 aliphatic rings. The number of carbonyl (C=O) groups is 1. The minimum Gasteiger partial charge on any atom is -0.458 e. The molecule has 1 aliphatic carbocycles. The Hall–Kier alpha value is -3.96. The highest BCUT2D eigenvalue weighted by molar-refractivity contribution is 5.93. The Bertz CT molecular complexity index is 1790. The SMILES string of the molecule is CC[C@@]1(O)C(=O)OCc2c1cc1n(c2=O)Cc2c-1nc1cc(F)c(C)c3c1c2[C@@H](n1cc(CCO)nn1)CC3. The van der Waals surface area contributed by atoms with Crippen molar-refractivity contribution in [3.63, 3.8) is 0 Å². The number of hydrogen-bond donors (Lipinski definition) is 2. The zero-order valence-corrected chi connectivity index (χ0v) is 21.5. The summed E-state index contributed by atoms with van der Waals surface area (Å²) >= 11 is 0. The molecule has 7 rings (SSSR count). The third-order valence-electron chi connectivity index (χ3n) is 8.59. The van der Waals surface area contributed by atoms with Crippen LogP contribution in [-0.2, 0) is 41.1 Å². The highest BCUT2D eigenvalue weighted by Gasteiger charge is 2.46. The minimum absolute atomic E-state index is 0.0429. The lowest BCUT2D eigenvalue weighted by molar-refractivity contribution is -0.172. The lowest BCUT2D eigenvalue weighted by Crippen LogP contribution is -2.44. The number of esters is 1. The molecule has 3 aromatic heterocycles. The number of benzene rings is 1. The van der Waals surface area contributed by atoms with Gasteiger partial charge in [0, 0.05) is 41.8 Å². The van der Waals surface area contributed by atoms with E-state index in [0.29, 0.717) is 47.4 Å². The molecule has 0 bridgehead atoms. The summed E-state index contributed by atoms with van der Waals surface area (Å²) < 4.78 is 23.6. The average molecular weight is 532 g/mol. The first-order valence-electron chi connectivity index (χ1n) is 13.1. The summed E-state index contributed by atoms with van der Waals surface area (Å²) in [5.74, 6) is -1.13. The highest BCUT2D eigenvalue weighted by atomic mass is 19.1. The van der Waals surface area contributed by atoms with E-state index in [1.54, 1.807) is 29.2 Å². The number of fused-ring (bicyclic) bond motifs is 5. The molecule has 1 aromatic carbocycles. The number of cyclic esters (lactones) is 1. The number of aliphatic hydroxyl groups excluding tert-OH is 1. The normalized spacial score (nSPS) is 21.1. The third kappa shape index (κ3) is 3.17. The number of aryl methyl sites for hydroxylation is 1. The van der Waals surface area contributed by atoms with E-state index in [1.165, 1.54) is 6.07 Å². The van der Waals surface area contributed by atoms with Crippen molar-refractivity contribution in [2.45, 2.75) is 64.3 Å². The summed E-state index contributed by atoms with van der Waals surface area (Å²) in [6.45, 7) is 3.41. The van der Waals surface area contributed by atoms with Crippen LogP contribution < -0.4 is 5.56 Å². The molecule has 5 heterocycles. The molecule has 4 aromatic rings. The van der Waals surface area contributed by atoms with Gasteiger partial charge >= 0.3 is 5.97 Å². The second-order valence-electron chi connectivity index (χ2n) is 10.5. The van der Waals surface area contributed by atoms with Crippen LogP contribution in [0.5, 0.6) is 0 Å². The van der Waals surface area contributed by atoms with Gasteiger partial charge in [0.05, 0.1) is 40.7 Å². The van der Waals surface area contributed by atoms with E-state index >= 15 is 4.39 Å². The first-order valence-corrected chi connectivity index (χ1v) is 13.1. The van der Waals surface area contributed by atoms with Gasteiger partial charge < -0.3 is 19.5 Å². The van der Waals surface area contributed by atoms with Crippen LogP contribution in [0.25, 0.3) is 22.3 Å². The number of carbonyl (C=O) groups excluding carboxylic acids is 1. The largest absolute Gasteiger partial charge is 0.458 e. The fourth-order valence-corrected chi connectivity index (χ4v) is 6.49. The molecule has 0 amide bonds. The number of aliphatic hydroxyl groups is 2. The highest BCUT2D eigenvalue weighted by Crippen LogP contribution is 2.46. The fraction of sp³-hybridized carbons (Fsp3) is 0.393. The number of pyridine rings is 2. The Kier molecular flexibility index (Phi) is 5.11. The smallest absolute Gasteiger partial charge is 0.343 e. The van der Waals surface area contributed by atoms with E-state index in [0.717, 1.165) is 22.1 Å². The van der Waals surface area contributed by atoms with Crippen molar-refractivity contribution < 1.29 is 24.1 Å². The van der Waals surface area contributed by atoms with E-state index < -0.39 is 11.6 Å². The maximum atomic E-state index is 15.1. The monoisotopic (exact) mass is 531 g/mol. The number of halogens is 1. The van der Waals surface area contributed by atoms with Crippen LogP contribution in [-0.4, -0.2) is 47.3 Å². The lowest BCUT2D eigenvalue weighted by atomic mass is 9.81. The van der Waals surface area contributed by atoms with Gasteiger partial charge in [0.15, 0.2) is 5.60 Å². The van der Waals surface area contributed by atoms with Crippen molar-refractivity contribution in [3.8, 4) is 11.4 Å². The third-order valence-corrected chi connectivity index (χ3v) is 8.59. The second kappa shape index (κ2) is 8.27. The van der Waals surface area contributed by atoms with E-state index in [1.807, 2.05) is 6.20 Å². The molecule has 200 valence electrons. The fourth-order valence-electron chi connectivity index (χ4n) is 6.49. The van der Waals surface area contributed by atoms with Crippen LogP contribution in [0.15, 0.2) is 23.1 Å². The number of ether oxygens (including phenoxy) is 1. The lowest BCUT2D eigenvalue weighted by Gasteiger charge is -2.31. The van der Waals surface area contributed by atoms with Crippen molar-refractivity contribution in [3.05, 3.63) is 73.6 Å². The maximum absolute atomic E-state index is 15.1. The summed E-state index contributed by atoms with van der Waals surface area (Å²) in [6.07, 6.45) is 3.51. The summed E-state index contributed by atoms with van der Waals surface area (Å²) in [7, 11) is 0. The average Bonchev–Trinajstić information content (AvgIpc) is 3.55. The molecule has 0 saturated heterocycles. The quantitative estimate of drug-likeness (QED) is 0.338. The maximum Gasteiger partial charge on any atom is 0.343 e. The molecular weight excluding hydrogens is 505 g/mol. The molecule has 0 spiro atoms. The van der Waals surface area contributed by atoms with Crippen molar-refractivity contribution >= 4 is 16.9 Å². The summed E-state index contributed by atoms with van der Waals surface area (Å²) in [5.41, 5.74) is 3.55. The number of hydrogen-bond acceptors (Lipinski definition) is 8. The first-order chi connectivity index (χ1) is 18.8. The van der Waals surface area contributed by atoms with Gasteiger partial charge in [-0.3, -0.25) is 4.79 Å². The van der Waals surface area contributed by atoms with Gasteiger partial charge in [0.25, 0.3) is 5.56 Å². The van der Waals surface area contributed by atoms with E-state index in [9.17, 15) is 19.8 Å². The van der Waals surface area contributed by atoms with Crippen LogP contribution in [0, 0.1) is 12.7 Å². The van der Waals surface area contributed by atoms with Crippen LogP contribution in [0.1, 0.15) is 64.9 Å². The molecule has 0 unspecified atom stereocenters. The molecule has 2 atom stereocenters. The van der Waals surface area contributed by atoms with Crippen molar-refractivity contribution in [1.82, 2.24) is 24.5 Å². The van der Waals surface area contributed by atoms with Crippen LogP contribution in [0.4, 0.5) is 4.39 Å². The molecule has 0 radical (unpaired) electrons. The Morgan fingerprint density at radius 1 is 1.23 bits per heavy atom. The van der Waals surface area contributed by atoms with E-state index in [2.05, 4.69) is 10.3 Å². The molecule has 0 fully saturated rings. The van der Waals surface area contributed by atoms with Crippen molar-refractivity contribution in [2.75, 3.05) is 6.61 Å². The van der Waals surface area contributed by atoms with Gasteiger partial charge in [-0.2, -0.15) is 0 Å². The van der Waals surface area contributed by atoms with Crippen molar-refractivity contribution in [1.29, 1.82) is 0 Å². The molecule has 11 heteroatoms. The molecule has 10 nitrogen and oxygen atoms in total.